The van der Waals surface area contributed by atoms with Gasteiger partial charge in [-0.15, -0.1) is 10.2 Å². The molecule has 0 atom stereocenters. The molecule has 0 unspecified atom stereocenters. The number of Topliss-reactive ketones (excluding diaryl/α,β-unsaturated/α-hetero) is 1. The van der Waals surface area contributed by atoms with Gasteiger partial charge in [-0.05, 0) is 45.2 Å². The second kappa shape index (κ2) is 11.0. The molecule has 0 radical (unpaired) electrons. The van der Waals surface area contributed by atoms with Gasteiger partial charge in [0.1, 0.15) is 0 Å². The maximum absolute atomic E-state index is 13.1. The van der Waals surface area contributed by atoms with Crippen molar-refractivity contribution < 1.29 is 9.59 Å². The molecule has 34 heavy (non-hydrogen) atoms. The first-order chi connectivity index (χ1) is 16.5. The van der Waals surface area contributed by atoms with Gasteiger partial charge in [0.2, 0.25) is 5.91 Å². The van der Waals surface area contributed by atoms with Crippen LogP contribution < -0.4 is 0 Å². The van der Waals surface area contributed by atoms with Gasteiger partial charge in [-0.1, -0.05) is 48.5 Å². The summed E-state index contributed by atoms with van der Waals surface area (Å²) in [5.41, 5.74) is 4.04. The van der Waals surface area contributed by atoms with Crippen LogP contribution in [0.2, 0.25) is 0 Å². The normalized spacial score (nSPS) is 14.4. The quantitative estimate of drug-likeness (QED) is 0.330. The minimum atomic E-state index is 0.0901. The Kier molecular flexibility index (Phi) is 7.88. The number of likely N-dealkylation sites (tertiary alicyclic amines) is 1. The number of amides is 1. The zero-order valence-corrected chi connectivity index (χ0v) is 21.1. The number of hydrogen-bond donors (Lipinski definition) is 0. The van der Waals surface area contributed by atoms with Crippen molar-refractivity contribution >= 4 is 23.5 Å². The lowest BCUT2D eigenvalue weighted by Gasteiger charge is -2.20. The summed E-state index contributed by atoms with van der Waals surface area (Å²) in [6.45, 7) is 8.81. The van der Waals surface area contributed by atoms with Crippen molar-refractivity contribution in [3.8, 4) is 0 Å². The highest BCUT2D eigenvalue weighted by Crippen LogP contribution is 2.23. The second-order valence-corrected chi connectivity index (χ2v) is 9.78. The number of carbonyl (C=O) groups is 2. The van der Waals surface area contributed by atoms with E-state index in [-0.39, 0.29) is 11.7 Å². The third-order valence-corrected chi connectivity index (χ3v) is 7.47. The van der Waals surface area contributed by atoms with Crippen LogP contribution in [0.15, 0.2) is 41.6 Å². The minimum Gasteiger partial charge on any atom is -0.344 e. The lowest BCUT2D eigenvalue weighted by Crippen LogP contribution is -2.31. The van der Waals surface area contributed by atoms with Crippen LogP contribution >= 0.6 is 11.8 Å². The van der Waals surface area contributed by atoms with Crippen LogP contribution in [-0.4, -0.2) is 48.2 Å². The van der Waals surface area contributed by atoms with E-state index in [9.17, 15) is 9.59 Å². The lowest BCUT2D eigenvalue weighted by molar-refractivity contribution is -0.131. The molecule has 180 valence electrons. The third kappa shape index (κ3) is 5.43. The Morgan fingerprint density at radius 1 is 1.03 bits per heavy atom. The average Bonchev–Trinajstić information content (AvgIpc) is 3.28. The Labute approximate surface area is 205 Å². The monoisotopic (exact) mass is 479 g/mol. The number of aromatic nitrogens is 4. The topological polar surface area (TPSA) is 73.0 Å². The lowest BCUT2D eigenvalue weighted by atomic mass is 10.2. The molecule has 1 aliphatic rings. The van der Waals surface area contributed by atoms with E-state index in [1.54, 1.807) is 0 Å². The molecule has 3 aromatic rings. The van der Waals surface area contributed by atoms with Crippen molar-refractivity contribution in [2.45, 2.75) is 71.2 Å². The van der Waals surface area contributed by atoms with Gasteiger partial charge < -0.3 is 14.0 Å². The van der Waals surface area contributed by atoms with Gasteiger partial charge >= 0.3 is 0 Å². The Balaban J connectivity index is 1.43. The molecule has 8 heteroatoms. The van der Waals surface area contributed by atoms with Crippen molar-refractivity contribution in [3.05, 3.63) is 64.7 Å². The van der Waals surface area contributed by atoms with E-state index in [2.05, 4.69) is 26.9 Å². The van der Waals surface area contributed by atoms with Gasteiger partial charge in [-0.2, -0.15) is 0 Å². The standard InChI is InChI=1S/C26H33N5O2S/c1-4-30-24(17-29-14-10-6-9-13-25(29)33)27-28-26(30)34-18-23(32)22-15-19(2)31(20(22)3)16-21-11-7-5-8-12-21/h5,7-8,11-12,15H,4,6,9-10,13-14,16-18H2,1-3H3. The van der Waals surface area contributed by atoms with E-state index in [1.807, 2.05) is 54.5 Å². The number of ketones is 1. The van der Waals surface area contributed by atoms with Gasteiger partial charge in [-0.25, -0.2) is 0 Å². The molecule has 4 rings (SSSR count). The smallest absolute Gasteiger partial charge is 0.222 e. The van der Waals surface area contributed by atoms with Gasteiger partial charge in [0, 0.05) is 43.0 Å². The molecule has 3 heterocycles. The van der Waals surface area contributed by atoms with Gasteiger partial charge in [-0.3, -0.25) is 9.59 Å². The average molecular weight is 480 g/mol. The zero-order valence-electron chi connectivity index (χ0n) is 20.3. The zero-order chi connectivity index (χ0) is 24.1. The number of carbonyl (C=O) groups excluding carboxylic acids is 2. The minimum absolute atomic E-state index is 0.0901. The highest BCUT2D eigenvalue weighted by Gasteiger charge is 2.22. The number of rotatable bonds is 9. The molecular weight excluding hydrogens is 446 g/mol. The van der Waals surface area contributed by atoms with E-state index in [0.717, 1.165) is 60.3 Å². The van der Waals surface area contributed by atoms with Gasteiger partial charge in [0.05, 0.1) is 12.3 Å². The van der Waals surface area contributed by atoms with E-state index in [4.69, 9.17) is 0 Å². The summed E-state index contributed by atoms with van der Waals surface area (Å²) in [6, 6.07) is 12.3. The van der Waals surface area contributed by atoms with Crippen molar-refractivity contribution in [1.29, 1.82) is 0 Å². The first kappa shape index (κ1) is 24.3. The molecule has 2 aromatic heterocycles. The predicted molar refractivity (Wildman–Crippen MR) is 134 cm³/mol. The maximum Gasteiger partial charge on any atom is 0.222 e. The highest BCUT2D eigenvalue weighted by atomic mass is 32.2. The fourth-order valence-corrected chi connectivity index (χ4v) is 5.44. The summed E-state index contributed by atoms with van der Waals surface area (Å²) >= 11 is 1.42. The van der Waals surface area contributed by atoms with Crippen LogP contribution in [0.25, 0.3) is 0 Å². The Bertz CT molecular complexity index is 1150. The van der Waals surface area contributed by atoms with Crippen molar-refractivity contribution in [2.24, 2.45) is 0 Å². The van der Waals surface area contributed by atoms with Crippen LogP contribution in [-0.2, 0) is 24.4 Å². The van der Waals surface area contributed by atoms with Crippen LogP contribution in [0, 0.1) is 13.8 Å². The molecule has 1 amide bonds. The molecular formula is C26H33N5O2S. The predicted octanol–water partition coefficient (Wildman–Crippen LogP) is 4.64. The number of thioether (sulfide) groups is 1. The number of hydrogen-bond acceptors (Lipinski definition) is 5. The second-order valence-electron chi connectivity index (χ2n) is 8.84. The largest absolute Gasteiger partial charge is 0.344 e. The summed E-state index contributed by atoms with van der Waals surface area (Å²) in [5.74, 6) is 1.37. The summed E-state index contributed by atoms with van der Waals surface area (Å²) in [6.07, 6.45) is 3.70. The molecule has 0 aliphatic carbocycles. The van der Waals surface area contributed by atoms with Crippen LogP contribution in [0.3, 0.4) is 0 Å². The van der Waals surface area contributed by atoms with Crippen LogP contribution in [0.5, 0.6) is 0 Å². The van der Waals surface area contributed by atoms with E-state index in [1.165, 1.54) is 17.3 Å². The first-order valence-corrected chi connectivity index (χ1v) is 13.0. The third-order valence-electron chi connectivity index (χ3n) is 6.50. The van der Waals surface area contributed by atoms with E-state index in [0.29, 0.717) is 25.3 Å². The summed E-state index contributed by atoms with van der Waals surface area (Å²) in [4.78, 5) is 27.4. The molecule has 1 aromatic carbocycles. The molecule has 0 N–H and O–H groups in total. The highest BCUT2D eigenvalue weighted by molar-refractivity contribution is 7.99. The van der Waals surface area contributed by atoms with Gasteiger partial charge in [0.15, 0.2) is 16.8 Å². The maximum atomic E-state index is 13.1. The number of aryl methyl sites for hydroxylation is 1. The fraction of sp³-hybridized carbons (Fsp3) is 0.462. The Morgan fingerprint density at radius 3 is 2.59 bits per heavy atom. The van der Waals surface area contributed by atoms with E-state index < -0.39 is 0 Å². The Morgan fingerprint density at radius 2 is 1.82 bits per heavy atom. The number of nitrogens with zero attached hydrogens (tertiary/aromatic N) is 5. The molecule has 0 saturated carbocycles. The summed E-state index contributed by atoms with van der Waals surface area (Å²) in [5, 5.41) is 9.44. The molecule has 0 bridgehead atoms. The summed E-state index contributed by atoms with van der Waals surface area (Å²) < 4.78 is 4.22. The summed E-state index contributed by atoms with van der Waals surface area (Å²) in [7, 11) is 0. The first-order valence-electron chi connectivity index (χ1n) is 12.0. The number of benzene rings is 1. The van der Waals surface area contributed by atoms with Crippen LogP contribution in [0.1, 0.15) is 65.7 Å². The Hall–Kier alpha value is -2.87. The van der Waals surface area contributed by atoms with Crippen molar-refractivity contribution in [1.82, 2.24) is 24.2 Å². The molecule has 1 aliphatic heterocycles. The van der Waals surface area contributed by atoms with E-state index >= 15 is 0 Å². The van der Waals surface area contributed by atoms with Crippen molar-refractivity contribution in [3.63, 3.8) is 0 Å². The van der Waals surface area contributed by atoms with Crippen molar-refractivity contribution in [2.75, 3.05) is 12.3 Å². The molecule has 1 saturated heterocycles. The SMILES string of the molecule is CCn1c(CN2CCCCCC2=O)nnc1SCC(=O)c1cc(C)n(Cc2ccccc2)c1C. The molecule has 0 spiro atoms. The molecule has 1 fully saturated rings. The fourth-order valence-electron chi connectivity index (χ4n) is 4.54. The van der Waals surface area contributed by atoms with Crippen LogP contribution in [0.4, 0.5) is 0 Å². The molecule has 7 nitrogen and oxygen atoms in total. The van der Waals surface area contributed by atoms with Gasteiger partial charge in [0.25, 0.3) is 0 Å².